The van der Waals surface area contributed by atoms with Gasteiger partial charge in [-0.2, -0.15) is 0 Å². The lowest BCUT2D eigenvalue weighted by atomic mass is 10.2. The van der Waals surface area contributed by atoms with Crippen LogP contribution in [0.2, 0.25) is 0 Å². The summed E-state index contributed by atoms with van der Waals surface area (Å²) in [6, 6.07) is 10.1. The molecule has 1 aromatic rings. The van der Waals surface area contributed by atoms with Crippen molar-refractivity contribution in [3.05, 3.63) is 35.9 Å². The van der Waals surface area contributed by atoms with Gasteiger partial charge in [0, 0.05) is 13.1 Å². The maximum absolute atomic E-state index is 11.5. The minimum atomic E-state index is -0.422. The number of hydrogen-bond donors (Lipinski definition) is 1. The molecule has 1 rings (SSSR count). The summed E-state index contributed by atoms with van der Waals surface area (Å²) in [4.78, 5) is 13.6. The van der Waals surface area contributed by atoms with Crippen LogP contribution in [-0.4, -0.2) is 43.1 Å². The van der Waals surface area contributed by atoms with Gasteiger partial charge in [0.2, 0.25) is 0 Å². The summed E-state index contributed by atoms with van der Waals surface area (Å²) < 4.78 is 10.2. The molecule has 0 spiro atoms. The van der Waals surface area contributed by atoms with Crippen molar-refractivity contribution in [2.24, 2.45) is 0 Å². The van der Waals surface area contributed by atoms with E-state index in [1.54, 1.807) is 0 Å². The normalized spacial score (nSPS) is 10.7. The van der Waals surface area contributed by atoms with E-state index in [9.17, 15) is 4.79 Å². The second-order valence-electron chi connectivity index (χ2n) is 5.21. The van der Waals surface area contributed by atoms with Gasteiger partial charge < -0.3 is 9.47 Å². The van der Waals surface area contributed by atoms with E-state index in [2.05, 4.69) is 17.0 Å². The van der Waals surface area contributed by atoms with Crippen molar-refractivity contribution < 1.29 is 14.3 Å². The van der Waals surface area contributed by atoms with Gasteiger partial charge in [0.05, 0.1) is 6.10 Å². The summed E-state index contributed by atoms with van der Waals surface area (Å²) in [5.74, 6) is -0.471. The van der Waals surface area contributed by atoms with E-state index in [1.165, 1.54) is 5.56 Å². The van der Waals surface area contributed by atoms with Gasteiger partial charge in [-0.25, -0.2) is 0 Å². The molecule has 0 aromatic heterocycles. The van der Waals surface area contributed by atoms with Crippen LogP contribution in [0.4, 0.5) is 0 Å². The van der Waals surface area contributed by atoms with Gasteiger partial charge in [0.15, 0.2) is 5.90 Å². The minimum absolute atomic E-state index is 0.0485. The molecule has 1 N–H and O–H groups in total. The van der Waals surface area contributed by atoms with Crippen LogP contribution in [0.3, 0.4) is 0 Å². The van der Waals surface area contributed by atoms with E-state index in [-0.39, 0.29) is 18.4 Å². The van der Waals surface area contributed by atoms with Crippen LogP contribution in [0.15, 0.2) is 30.3 Å². The average molecular weight is 292 g/mol. The Morgan fingerprint density at radius 3 is 2.57 bits per heavy atom. The maximum Gasteiger partial charge on any atom is 0.315 e. The number of hydrogen-bond acceptors (Lipinski definition) is 5. The number of esters is 1. The Balaban J connectivity index is 2.18. The van der Waals surface area contributed by atoms with E-state index in [4.69, 9.17) is 14.9 Å². The Bertz CT molecular complexity index is 446. The van der Waals surface area contributed by atoms with Crippen molar-refractivity contribution in [1.29, 1.82) is 5.41 Å². The summed E-state index contributed by atoms with van der Waals surface area (Å²) in [5.41, 5.74) is 1.22. The first kappa shape index (κ1) is 17.2. The fourth-order valence-electron chi connectivity index (χ4n) is 1.80. The van der Waals surface area contributed by atoms with Crippen LogP contribution in [0.5, 0.6) is 0 Å². The molecule has 0 aliphatic heterocycles. The fraction of sp³-hybridized carbons (Fsp3) is 0.500. The molecular weight excluding hydrogens is 268 g/mol. The second-order valence-corrected chi connectivity index (χ2v) is 5.21. The monoisotopic (exact) mass is 292 g/mol. The fourth-order valence-corrected chi connectivity index (χ4v) is 1.80. The highest BCUT2D eigenvalue weighted by atomic mass is 16.5. The van der Waals surface area contributed by atoms with Crippen molar-refractivity contribution in [2.45, 2.75) is 32.9 Å². The molecule has 5 heteroatoms. The standard InChI is InChI=1S/C16H24N2O3/c1-13(2)21-15(17)11-16(19)20-10-9-18(3)12-14-7-5-4-6-8-14/h4-8,13,17H,9-12H2,1-3H3. The van der Waals surface area contributed by atoms with Crippen LogP contribution >= 0.6 is 0 Å². The molecular formula is C16H24N2O3. The molecule has 0 unspecified atom stereocenters. The predicted molar refractivity (Wildman–Crippen MR) is 82.3 cm³/mol. The third-order valence-corrected chi connectivity index (χ3v) is 2.71. The highest BCUT2D eigenvalue weighted by molar-refractivity contribution is 5.92. The van der Waals surface area contributed by atoms with Crippen molar-refractivity contribution in [2.75, 3.05) is 20.2 Å². The quantitative estimate of drug-likeness (QED) is 0.454. The Hall–Kier alpha value is -1.88. The minimum Gasteiger partial charge on any atom is -0.478 e. The summed E-state index contributed by atoms with van der Waals surface area (Å²) >= 11 is 0. The summed E-state index contributed by atoms with van der Waals surface area (Å²) in [6.07, 6.45) is -0.206. The first-order chi connectivity index (χ1) is 9.97. The smallest absolute Gasteiger partial charge is 0.315 e. The molecule has 0 radical (unpaired) electrons. The van der Waals surface area contributed by atoms with Gasteiger partial charge in [-0.3, -0.25) is 15.1 Å². The van der Waals surface area contributed by atoms with Gasteiger partial charge in [-0.15, -0.1) is 0 Å². The zero-order valence-corrected chi connectivity index (χ0v) is 13.0. The summed E-state index contributed by atoms with van der Waals surface area (Å²) in [5, 5.41) is 7.48. The molecule has 21 heavy (non-hydrogen) atoms. The van der Waals surface area contributed by atoms with Crippen LogP contribution in [0, 0.1) is 5.41 Å². The third kappa shape index (κ3) is 8.09. The number of carbonyl (C=O) groups is 1. The molecule has 0 aliphatic carbocycles. The van der Waals surface area contributed by atoms with Crippen LogP contribution in [0.25, 0.3) is 0 Å². The van der Waals surface area contributed by atoms with Gasteiger partial charge in [-0.05, 0) is 26.5 Å². The number of carbonyl (C=O) groups excluding carboxylic acids is 1. The van der Waals surface area contributed by atoms with Gasteiger partial charge >= 0.3 is 5.97 Å². The molecule has 0 saturated heterocycles. The lowest BCUT2D eigenvalue weighted by Crippen LogP contribution is -2.25. The van der Waals surface area contributed by atoms with Crippen molar-refractivity contribution in [1.82, 2.24) is 4.90 Å². The van der Waals surface area contributed by atoms with Crippen molar-refractivity contribution in [3.8, 4) is 0 Å². The predicted octanol–water partition coefficient (Wildman–Crippen LogP) is 2.45. The molecule has 1 aromatic carbocycles. The second kappa shape index (κ2) is 9.13. The van der Waals surface area contributed by atoms with E-state index < -0.39 is 5.97 Å². The van der Waals surface area contributed by atoms with Crippen LogP contribution in [0.1, 0.15) is 25.8 Å². The maximum atomic E-state index is 11.5. The summed E-state index contributed by atoms with van der Waals surface area (Å²) in [6.45, 7) is 5.41. The molecule has 0 bridgehead atoms. The Morgan fingerprint density at radius 2 is 1.95 bits per heavy atom. The van der Waals surface area contributed by atoms with Crippen LogP contribution in [-0.2, 0) is 20.8 Å². The van der Waals surface area contributed by atoms with E-state index in [0.717, 1.165) is 6.54 Å². The molecule has 5 nitrogen and oxygen atoms in total. The van der Waals surface area contributed by atoms with Gasteiger partial charge in [0.25, 0.3) is 0 Å². The highest BCUT2D eigenvalue weighted by Crippen LogP contribution is 2.02. The molecule has 0 heterocycles. The molecule has 0 atom stereocenters. The molecule has 0 amide bonds. The first-order valence-corrected chi connectivity index (χ1v) is 7.09. The molecule has 0 saturated carbocycles. The van der Waals surface area contributed by atoms with Gasteiger partial charge in [-0.1, -0.05) is 30.3 Å². The lowest BCUT2D eigenvalue weighted by molar-refractivity contribution is -0.142. The Morgan fingerprint density at radius 1 is 1.29 bits per heavy atom. The number of likely N-dealkylation sites (N-methyl/N-ethyl adjacent to an activating group) is 1. The number of nitrogens with one attached hydrogen (secondary N) is 1. The van der Waals surface area contributed by atoms with Crippen LogP contribution < -0.4 is 0 Å². The van der Waals surface area contributed by atoms with E-state index in [1.807, 2.05) is 39.1 Å². The highest BCUT2D eigenvalue weighted by Gasteiger charge is 2.10. The largest absolute Gasteiger partial charge is 0.478 e. The zero-order chi connectivity index (χ0) is 15.7. The Labute approximate surface area is 126 Å². The third-order valence-electron chi connectivity index (χ3n) is 2.71. The lowest BCUT2D eigenvalue weighted by Gasteiger charge is -2.16. The van der Waals surface area contributed by atoms with Gasteiger partial charge in [0.1, 0.15) is 13.0 Å². The summed E-state index contributed by atoms with van der Waals surface area (Å²) in [7, 11) is 1.98. The topological polar surface area (TPSA) is 62.6 Å². The average Bonchev–Trinajstić information content (AvgIpc) is 2.38. The SMILES string of the molecule is CC(C)OC(=N)CC(=O)OCCN(C)Cc1ccccc1. The number of nitrogens with zero attached hydrogens (tertiary/aromatic N) is 1. The van der Waals surface area contributed by atoms with Crippen molar-refractivity contribution in [3.63, 3.8) is 0 Å². The molecule has 0 fully saturated rings. The number of ether oxygens (including phenoxy) is 2. The number of benzene rings is 1. The van der Waals surface area contributed by atoms with E-state index >= 15 is 0 Å². The zero-order valence-electron chi connectivity index (χ0n) is 13.0. The van der Waals surface area contributed by atoms with E-state index in [0.29, 0.717) is 13.2 Å². The molecule has 0 aliphatic rings. The Kier molecular flexibility index (Phi) is 7.46. The van der Waals surface area contributed by atoms with Crippen molar-refractivity contribution >= 4 is 11.9 Å². The first-order valence-electron chi connectivity index (χ1n) is 7.09. The number of rotatable bonds is 8. The molecule has 116 valence electrons.